The zero-order chi connectivity index (χ0) is 17.8. The quantitative estimate of drug-likeness (QED) is 0.817. The fourth-order valence-electron chi connectivity index (χ4n) is 4.22. The van der Waals surface area contributed by atoms with Gasteiger partial charge in [-0.1, -0.05) is 36.1 Å². The lowest BCUT2D eigenvalue weighted by Gasteiger charge is -2.37. The molecule has 0 radical (unpaired) electrons. The van der Waals surface area contributed by atoms with Crippen molar-refractivity contribution >= 4 is 11.3 Å². The Morgan fingerprint density at radius 1 is 1.23 bits per heavy atom. The van der Waals surface area contributed by atoms with Gasteiger partial charge < -0.3 is 10.4 Å². The topological polar surface area (TPSA) is 35.5 Å². The second-order valence-electron chi connectivity index (χ2n) is 7.31. The van der Waals surface area contributed by atoms with Crippen molar-refractivity contribution in [2.75, 3.05) is 19.7 Å². The minimum absolute atomic E-state index is 0.0770. The molecule has 0 unspecified atom stereocenters. The molecule has 0 saturated carbocycles. The molecule has 3 nitrogen and oxygen atoms in total. The van der Waals surface area contributed by atoms with Crippen LogP contribution in [0, 0.1) is 11.8 Å². The summed E-state index contributed by atoms with van der Waals surface area (Å²) < 4.78 is 0. The normalized spacial score (nSPS) is 20.6. The van der Waals surface area contributed by atoms with Crippen molar-refractivity contribution in [1.82, 2.24) is 10.2 Å². The lowest BCUT2D eigenvalue weighted by Crippen LogP contribution is -2.49. The van der Waals surface area contributed by atoms with Gasteiger partial charge in [-0.2, -0.15) is 0 Å². The Labute approximate surface area is 160 Å². The van der Waals surface area contributed by atoms with E-state index in [-0.39, 0.29) is 6.61 Å². The van der Waals surface area contributed by atoms with E-state index in [0.717, 1.165) is 18.7 Å². The summed E-state index contributed by atoms with van der Waals surface area (Å²) in [5.41, 5.74) is 4.10. The van der Waals surface area contributed by atoms with Crippen LogP contribution in [0.5, 0.6) is 0 Å². The van der Waals surface area contributed by atoms with Gasteiger partial charge in [-0.05, 0) is 49.4 Å². The maximum Gasteiger partial charge on any atom is 0.104 e. The van der Waals surface area contributed by atoms with Crippen LogP contribution in [0.2, 0.25) is 0 Å². The van der Waals surface area contributed by atoms with Gasteiger partial charge in [-0.25, -0.2) is 0 Å². The fourth-order valence-corrected chi connectivity index (χ4v) is 4.99. The van der Waals surface area contributed by atoms with Gasteiger partial charge in [0, 0.05) is 41.0 Å². The lowest BCUT2D eigenvalue weighted by molar-refractivity contribution is 0.140. The summed E-state index contributed by atoms with van der Waals surface area (Å²) >= 11 is 1.75. The molecular formula is C22H26N2OS. The van der Waals surface area contributed by atoms with Crippen LogP contribution >= 0.6 is 11.3 Å². The molecule has 136 valence electrons. The van der Waals surface area contributed by atoms with Crippen molar-refractivity contribution in [2.45, 2.75) is 44.3 Å². The van der Waals surface area contributed by atoms with Crippen LogP contribution in [0.15, 0.2) is 35.7 Å². The molecule has 2 heterocycles. The molecule has 2 aliphatic rings. The number of fused-ring (bicyclic) bond motifs is 1. The lowest BCUT2D eigenvalue weighted by atomic mass is 10.0. The Bertz CT molecular complexity index is 779. The first kappa shape index (κ1) is 17.8. The first-order valence-corrected chi connectivity index (χ1v) is 10.4. The van der Waals surface area contributed by atoms with E-state index in [2.05, 4.69) is 57.8 Å². The number of hydrogen-bond donors (Lipinski definition) is 2. The third-order valence-corrected chi connectivity index (χ3v) is 6.47. The van der Waals surface area contributed by atoms with Gasteiger partial charge >= 0.3 is 0 Å². The largest absolute Gasteiger partial charge is 0.384 e. The van der Waals surface area contributed by atoms with Crippen LogP contribution in [0.3, 0.4) is 0 Å². The van der Waals surface area contributed by atoms with Crippen LogP contribution in [0.25, 0.3) is 0 Å². The minimum Gasteiger partial charge on any atom is -0.384 e. The smallest absolute Gasteiger partial charge is 0.104 e. The van der Waals surface area contributed by atoms with Gasteiger partial charge in [0.15, 0.2) is 0 Å². The third kappa shape index (κ3) is 4.19. The molecule has 0 amide bonds. The Balaban J connectivity index is 1.30. The predicted molar refractivity (Wildman–Crippen MR) is 107 cm³/mol. The number of rotatable bonds is 4. The Kier molecular flexibility index (Phi) is 5.72. The molecule has 1 aromatic heterocycles. The average Bonchev–Trinajstić information content (AvgIpc) is 3.31. The molecular weight excluding hydrogens is 340 g/mol. The van der Waals surface area contributed by atoms with Gasteiger partial charge in [0.05, 0.1) is 0 Å². The number of hydrogen-bond acceptors (Lipinski definition) is 4. The van der Waals surface area contributed by atoms with Crippen molar-refractivity contribution in [2.24, 2.45) is 0 Å². The van der Waals surface area contributed by atoms with Crippen molar-refractivity contribution in [3.63, 3.8) is 0 Å². The first-order valence-electron chi connectivity index (χ1n) is 9.53. The molecule has 0 spiro atoms. The zero-order valence-electron chi connectivity index (χ0n) is 15.1. The van der Waals surface area contributed by atoms with E-state index >= 15 is 0 Å². The van der Waals surface area contributed by atoms with E-state index < -0.39 is 0 Å². The van der Waals surface area contributed by atoms with Crippen LogP contribution in [0.1, 0.15) is 34.4 Å². The van der Waals surface area contributed by atoms with Gasteiger partial charge in [0.2, 0.25) is 0 Å². The fraction of sp³-hybridized carbons (Fsp3) is 0.455. The van der Waals surface area contributed by atoms with Crippen LogP contribution in [0.4, 0.5) is 0 Å². The average molecular weight is 367 g/mol. The van der Waals surface area contributed by atoms with Crippen LogP contribution in [-0.4, -0.2) is 41.8 Å². The van der Waals surface area contributed by atoms with E-state index in [1.807, 2.05) is 0 Å². The van der Waals surface area contributed by atoms with E-state index in [9.17, 15) is 0 Å². The van der Waals surface area contributed by atoms with Gasteiger partial charge in [0.25, 0.3) is 0 Å². The molecule has 1 aliphatic heterocycles. The maximum absolute atomic E-state index is 8.79. The second kappa shape index (κ2) is 8.37. The van der Waals surface area contributed by atoms with E-state index in [4.69, 9.17) is 5.11 Å². The SMILES string of the molecule is OCC#Cc1csc(CN[C@H]2CCCN(C3Cc4ccccc4C3)C2)c1. The molecule has 1 aliphatic carbocycles. The van der Waals surface area contributed by atoms with E-state index in [1.54, 1.807) is 22.5 Å². The van der Waals surface area contributed by atoms with Gasteiger partial charge in [-0.3, -0.25) is 4.90 Å². The van der Waals surface area contributed by atoms with Crippen LogP contribution < -0.4 is 5.32 Å². The summed E-state index contributed by atoms with van der Waals surface area (Å²) in [6.45, 7) is 3.22. The van der Waals surface area contributed by atoms with Gasteiger partial charge in [0.1, 0.15) is 6.61 Å². The minimum atomic E-state index is -0.0770. The first-order chi connectivity index (χ1) is 12.8. The monoisotopic (exact) mass is 366 g/mol. The number of nitrogens with zero attached hydrogens (tertiary/aromatic N) is 1. The standard InChI is InChI=1S/C22H26N2OS/c25-10-4-5-17-11-22(26-16-17)14-23-20-8-3-9-24(15-20)21-12-18-6-1-2-7-19(18)13-21/h1-2,6-7,11,16,20-21,23,25H,3,8-10,12-15H2/t20-/m0/s1. The Morgan fingerprint density at radius 2 is 2.04 bits per heavy atom. The predicted octanol–water partition coefficient (Wildman–Crippen LogP) is 2.81. The molecule has 2 N–H and O–H groups in total. The van der Waals surface area contributed by atoms with E-state index in [0.29, 0.717) is 12.1 Å². The molecule has 1 fully saturated rings. The molecule has 2 aromatic rings. The zero-order valence-corrected chi connectivity index (χ0v) is 15.9. The molecule has 1 aromatic carbocycles. The van der Waals surface area contributed by atoms with Gasteiger partial charge in [-0.15, -0.1) is 11.3 Å². The van der Waals surface area contributed by atoms with E-state index in [1.165, 1.54) is 37.1 Å². The van der Waals surface area contributed by atoms with Crippen molar-refractivity contribution < 1.29 is 5.11 Å². The summed E-state index contributed by atoms with van der Waals surface area (Å²) in [5, 5.41) is 14.6. The van der Waals surface area contributed by atoms with Crippen LogP contribution in [-0.2, 0) is 19.4 Å². The number of nitrogens with one attached hydrogen (secondary N) is 1. The summed E-state index contributed by atoms with van der Waals surface area (Å²) in [6, 6.07) is 12.3. The highest BCUT2D eigenvalue weighted by Gasteiger charge is 2.30. The summed E-state index contributed by atoms with van der Waals surface area (Å²) in [4.78, 5) is 4.02. The molecule has 1 saturated heterocycles. The third-order valence-electron chi connectivity index (χ3n) is 5.53. The Hall–Kier alpha value is -1.64. The molecule has 4 rings (SSSR count). The van der Waals surface area contributed by atoms with Crippen molar-refractivity contribution in [3.05, 3.63) is 57.3 Å². The summed E-state index contributed by atoms with van der Waals surface area (Å²) in [6.07, 6.45) is 4.96. The molecule has 26 heavy (non-hydrogen) atoms. The Morgan fingerprint density at radius 3 is 2.81 bits per heavy atom. The number of aliphatic hydroxyl groups excluding tert-OH is 1. The highest BCUT2D eigenvalue weighted by atomic mass is 32.1. The summed E-state index contributed by atoms with van der Waals surface area (Å²) in [5.74, 6) is 5.69. The summed E-state index contributed by atoms with van der Waals surface area (Å²) in [7, 11) is 0. The molecule has 1 atom stereocenters. The number of aliphatic hydroxyl groups is 1. The number of thiophene rings is 1. The molecule has 4 heteroatoms. The number of piperidine rings is 1. The number of likely N-dealkylation sites (tertiary alicyclic amines) is 1. The maximum atomic E-state index is 8.79. The second-order valence-corrected chi connectivity index (χ2v) is 8.30. The number of benzene rings is 1. The van der Waals surface area contributed by atoms with Crippen molar-refractivity contribution in [3.8, 4) is 11.8 Å². The molecule has 0 bridgehead atoms. The highest BCUT2D eigenvalue weighted by molar-refractivity contribution is 7.10. The highest BCUT2D eigenvalue weighted by Crippen LogP contribution is 2.27. The van der Waals surface area contributed by atoms with Crippen molar-refractivity contribution in [1.29, 1.82) is 0 Å².